The van der Waals surface area contributed by atoms with Crippen LogP contribution in [0.15, 0.2) is 29.6 Å². The molecule has 8 heteroatoms. The minimum absolute atomic E-state index is 0.107. The molecule has 3 aromatic rings. The van der Waals surface area contributed by atoms with Crippen molar-refractivity contribution in [3.05, 3.63) is 40.3 Å². The highest BCUT2D eigenvalue weighted by Crippen LogP contribution is 2.32. The van der Waals surface area contributed by atoms with Crippen molar-refractivity contribution in [2.75, 3.05) is 24.4 Å². The molecule has 1 aromatic carbocycles. The smallest absolute Gasteiger partial charge is 0.276 e. The molecular weight excluding hydrogens is 460 g/mol. The van der Waals surface area contributed by atoms with Crippen LogP contribution in [0.3, 0.4) is 0 Å². The molecular formula is C27H36N4O3S. The number of carbonyl (C=O) groups excluding carboxylic acids is 2. The average Bonchev–Trinajstić information content (AvgIpc) is 3.45. The lowest BCUT2D eigenvalue weighted by molar-refractivity contribution is -0.123. The summed E-state index contributed by atoms with van der Waals surface area (Å²) in [7, 11) is 3.58. The molecule has 7 nitrogen and oxygen atoms in total. The van der Waals surface area contributed by atoms with Crippen molar-refractivity contribution < 1.29 is 14.3 Å². The lowest BCUT2D eigenvalue weighted by atomic mass is 9.88. The van der Waals surface area contributed by atoms with Crippen LogP contribution in [0.1, 0.15) is 67.9 Å². The zero-order valence-corrected chi connectivity index (χ0v) is 22.2. The van der Waals surface area contributed by atoms with E-state index in [0.717, 1.165) is 53.7 Å². The van der Waals surface area contributed by atoms with Gasteiger partial charge >= 0.3 is 0 Å². The summed E-state index contributed by atoms with van der Waals surface area (Å²) in [4.78, 5) is 32.2. The maximum absolute atomic E-state index is 13.2. The average molecular weight is 497 g/mol. The molecule has 0 unspecified atom stereocenters. The Labute approximate surface area is 211 Å². The van der Waals surface area contributed by atoms with Gasteiger partial charge in [0.25, 0.3) is 5.91 Å². The number of hydrogen-bond acceptors (Lipinski definition) is 5. The van der Waals surface area contributed by atoms with E-state index in [1.54, 1.807) is 17.4 Å². The van der Waals surface area contributed by atoms with Gasteiger partial charge in [-0.15, -0.1) is 11.3 Å². The summed E-state index contributed by atoms with van der Waals surface area (Å²) in [6.45, 7) is 6.64. The van der Waals surface area contributed by atoms with E-state index in [1.807, 2.05) is 32.2 Å². The van der Waals surface area contributed by atoms with Crippen LogP contribution in [0.5, 0.6) is 0 Å². The first-order valence-electron chi connectivity index (χ1n) is 12.4. The molecule has 1 N–H and O–H groups in total. The number of benzene rings is 1. The number of ether oxygens (including phenoxy) is 1. The van der Waals surface area contributed by atoms with E-state index in [1.165, 1.54) is 17.8 Å². The summed E-state index contributed by atoms with van der Waals surface area (Å²) in [5.41, 5.74) is 1.95. The molecule has 0 radical (unpaired) electrons. The Bertz CT molecular complexity index is 1210. The van der Waals surface area contributed by atoms with E-state index >= 15 is 0 Å². The van der Waals surface area contributed by atoms with Crippen LogP contribution in [0, 0.1) is 12.8 Å². The van der Waals surface area contributed by atoms with Crippen molar-refractivity contribution in [1.29, 1.82) is 0 Å². The Morgan fingerprint density at radius 1 is 1.23 bits per heavy atom. The summed E-state index contributed by atoms with van der Waals surface area (Å²) in [5.74, 6) is 0.778. The van der Waals surface area contributed by atoms with Crippen LogP contribution < -0.4 is 10.2 Å². The number of anilines is 2. The number of amides is 2. The van der Waals surface area contributed by atoms with Crippen molar-refractivity contribution in [1.82, 2.24) is 9.55 Å². The molecule has 2 aromatic heterocycles. The van der Waals surface area contributed by atoms with E-state index in [4.69, 9.17) is 4.74 Å². The normalized spacial score (nSPS) is 14.9. The molecule has 0 saturated heterocycles. The topological polar surface area (TPSA) is 76.5 Å². The number of methoxy groups -OCH3 is 1. The summed E-state index contributed by atoms with van der Waals surface area (Å²) >= 11 is 1.46. The Hall–Kier alpha value is -2.71. The summed E-state index contributed by atoms with van der Waals surface area (Å²) < 4.78 is 7.75. The molecule has 2 amide bonds. The van der Waals surface area contributed by atoms with Crippen molar-refractivity contribution in [3.63, 3.8) is 0 Å². The number of fused-ring (bicyclic) bond motifs is 1. The van der Waals surface area contributed by atoms with Gasteiger partial charge < -0.3 is 19.5 Å². The first-order valence-corrected chi connectivity index (χ1v) is 13.3. The summed E-state index contributed by atoms with van der Waals surface area (Å²) in [6, 6.07) is 8.05. The largest absolute Gasteiger partial charge is 0.379 e. The second-order valence-corrected chi connectivity index (χ2v) is 11.1. The van der Waals surface area contributed by atoms with Crippen LogP contribution in [0.4, 0.5) is 11.5 Å². The minimum atomic E-state index is -0.310. The highest BCUT2D eigenvalue weighted by atomic mass is 32.1. The Kier molecular flexibility index (Phi) is 7.62. The standard InChI is InChI=1S/C27H36N4O3S/c1-18-28-22(17-35-18)25(32)29-24-15-20-11-12-21(30(4)26(33)19-9-7-6-8-10-19)16-23(20)31(24)14-13-27(2,3)34-5/h11-12,15-17,19H,6-10,13-14H2,1-5H3,(H,29,32). The monoisotopic (exact) mass is 496 g/mol. The fraction of sp³-hybridized carbons (Fsp3) is 0.519. The Balaban J connectivity index is 1.66. The third-order valence-electron chi connectivity index (χ3n) is 7.14. The van der Waals surface area contributed by atoms with Gasteiger partial charge in [-0.2, -0.15) is 0 Å². The van der Waals surface area contributed by atoms with Gasteiger partial charge in [0.15, 0.2) is 0 Å². The molecule has 0 atom stereocenters. The van der Waals surface area contributed by atoms with Gasteiger partial charge in [-0.1, -0.05) is 25.3 Å². The summed E-state index contributed by atoms with van der Waals surface area (Å²) in [6.07, 6.45) is 6.18. The van der Waals surface area contributed by atoms with Gasteiger partial charge in [0.1, 0.15) is 11.5 Å². The second kappa shape index (κ2) is 10.5. The van der Waals surface area contributed by atoms with Gasteiger partial charge in [0.2, 0.25) is 5.91 Å². The van der Waals surface area contributed by atoms with Crippen molar-refractivity contribution in [2.45, 2.75) is 71.4 Å². The van der Waals surface area contributed by atoms with E-state index < -0.39 is 0 Å². The molecule has 35 heavy (non-hydrogen) atoms. The molecule has 1 aliphatic carbocycles. The van der Waals surface area contributed by atoms with Crippen LogP contribution in [-0.4, -0.2) is 41.1 Å². The van der Waals surface area contributed by atoms with Gasteiger partial charge in [0.05, 0.1) is 16.1 Å². The molecule has 0 bridgehead atoms. The first kappa shape index (κ1) is 25.4. The number of nitrogens with one attached hydrogen (secondary N) is 1. The maximum atomic E-state index is 13.2. The number of nitrogens with zero attached hydrogens (tertiary/aromatic N) is 3. The number of aromatic nitrogens is 2. The molecule has 0 aliphatic heterocycles. The Morgan fingerprint density at radius 2 is 1.97 bits per heavy atom. The lowest BCUT2D eigenvalue weighted by Crippen LogP contribution is -2.33. The first-order chi connectivity index (χ1) is 16.7. The third-order valence-corrected chi connectivity index (χ3v) is 7.92. The van der Waals surface area contributed by atoms with Crippen molar-refractivity contribution in [2.24, 2.45) is 5.92 Å². The molecule has 4 rings (SSSR count). The van der Waals surface area contributed by atoms with E-state index in [2.05, 4.69) is 34.8 Å². The van der Waals surface area contributed by atoms with E-state index in [-0.39, 0.29) is 23.3 Å². The second-order valence-electron chi connectivity index (χ2n) is 10.1. The van der Waals surface area contributed by atoms with Crippen molar-refractivity contribution >= 4 is 45.6 Å². The number of thiazole rings is 1. The molecule has 1 fully saturated rings. The number of hydrogen-bond donors (Lipinski definition) is 1. The summed E-state index contributed by atoms with van der Waals surface area (Å²) in [5, 5.41) is 6.69. The lowest BCUT2D eigenvalue weighted by Gasteiger charge is -2.27. The molecule has 1 saturated carbocycles. The molecule has 0 spiro atoms. The van der Waals surface area contributed by atoms with Gasteiger partial charge in [-0.3, -0.25) is 9.59 Å². The highest BCUT2D eigenvalue weighted by molar-refractivity contribution is 7.09. The SMILES string of the molecule is COC(C)(C)CCn1c(NC(=O)c2csc(C)n2)cc2ccc(N(C)C(=O)C3CCCCC3)cc21. The predicted molar refractivity (Wildman–Crippen MR) is 142 cm³/mol. The highest BCUT2D eigenvalue weighted by Gasteiger charge is 2.26. The van der Waals surface area contributed by atoms with Crippen LogP contribution in [0.25, 0.3) is 10.9 Å². The van der Waals surface area contributed by atoms with Crippen LogP contribution in [0.2, 0.25) is 0 Å². The number of carbonyl (C=O) groups is 2. The number of aryl methyl sites for hydroxylation is 2. The van der Waals surface area contributed by atoms with Crippen molar-refractivity contribution in [3.8, 4) is 0 Å². The van der Waals surface area contributed by atoms with Gasteiger partial charge in [-0.25, -0.2) is 4.98 Å². The molecule has 188 valence electrons. The zero-order chi connectivity index (χ0) is 25.2. The fourth-order valence-corrected chi connectivity index (χ4v) is 5.27. The number of rotatable bonds is 8. The van der Waals surface area contributed by atoms with Gasteiger partial charge in [0, 0.05) is 43.1 Å². The molecule has 1 aliphatic rings. The fourth-order valence-electron chi connectivity index (χ4n) is 4.68. The van der Waals surface area contributed by atoms with Crippen LogP contribution in [-0.2, 0) is 16.1 Å². The van der Waals surface area contributed by atoms with E-state index in [9.17, 15) is 9.59 Å². The van der Waals surface area contributed by atoms with E-state index in [0.29, 0.717) is 18.1 Å². The van der Waals surface area contributed by atoms with Gasteiger partial charge in [-0.05, 0) is 58.2 Å². The molecule has 2 heterocycles. The quantitative estimate of drug-likeness (QED) is 0.414. The predicted octanol–water partition coefficient (Wildman–Crippen LogP) is 6.02. The Morgan fingerprint density at radius 3 is 2.63 bits per heavy atom. The minimum Gasteiger partial charge on any atom is -0.379 e. The maximum Gasteiger partial charge on any atom is 0.276 e. The van der Waals surface area contributed by atoms with Crippen LogP contribution >= 0.6 is 11.3 Å². The zero-order valence-electron chi connectivity index (χ0n) is 21.4. The third kappa shape index (κ3) is 5.76.